The summed E-state index contributed by atoms with van der Waals surface area (Å²) in [6.07, 6.45) is 3.19. The Morgan fingerprint density at radius 1 is 1.30 bits per heavy atom. The van der Waals surface area contributed by atoms with Gasteiger partial charge in [-0.1, -0.05) is 12.1 Å². The van der Waals surface area contributed by atoms with Crippen molar-refractivity contribution in [2.24, 2.45) is 0 Å². The summed E-state index contributed by atoms with van der Waals surface area (Å²) < 4.78 is 25.1. The van der Waals surface area contributed by atoms with Crippen LogP contribution >= 0.6 is 0 Å². The molecule has 0 bridgehead atoms. The minimum atomic E-state index is -0.524. The first-order valence-electron chi connectivity index (χ1n) is 6.54. The van der Waals surface area contributed by atoms with E-state index in [0.29, 0.717) is 5.56 Å². The highest BCUT2D eigenvalue weighted by Gasteiger charge is 2.49. The summed E-state index contributed by atoms with van der Waals surface area (Å²) in [7, 11) is -0.472. The largest absolute Gasteiger partial charge is 0.487 e. The summed E-state index contributed by atoms with van der Waals surface area (Å²) in [5.74, 6) is 1.20. The lowest BCUT2D eigenvalue weighted by Gasteiger charge is -2.32. The highest BCUT2D eigenvalue weighted by molar-refractivity contribution is 6.52. The fourth-order valence-electron chi connectivity index (χ4n) is 1.85. The fourth-order valence-corrected chi connectivity index (χ4v) is 1.85. The normalized spacial score (nSPS) is 20.8. The molecule has 1 aliphatic rings. The Labute approximate surface area is 118 Å². The highest BCUT2D eigenvalue weighted by atomic mass is 19.1. The van der Waals surface area contributed by atoms with Crippen LogP contribution in [-0.2, 0) is 15.9 Å². The van der Waals surface area contributed by atoms with Crippen LogP contribution in [0.1, 0.15) is 39.0 Å². The summed E-state index contributed by atoms with van der Waals surface area (Å²) >= 11 is 0. The SMILES string of the molecule is CC1(C)OB(/C=C/c2cnc(CO)c(F)c2)OC1(C)C. The van der Waals surface area contributed by atoms with E-state index in [-0.39, 0.29) is 5.69 Å². The van der Waals surface area contributed by atoms with Crippen LogP contribution in [0.3, 0.4) is 0 Å². The summed E-state index contributed by atoms with van der Waals surface area (Å²) in [5.41, 5.74) is -0.161. The van der Waals surface area contributed by atoms with Gasteiger partial charge in [0.05, 0.1) is 17.8 Å². The molecule has 0 amide bonds. The van der Waals surface area contributed by atoms with E-state index in [1.54, 1.807) is 12.1 Å². The minimum Gasteiger partial charge on any atom is -0.400 e. The van der Waals surface area contributed by atoms with Gasteiger partial charge in [-0.05, 0) is 39.3 Å². The number of aromatic nitrogens is 1. The van der Waals surface area contributed by atoms with Crippen LogP contribution in [0, 0.1) is 5.82 Å². The molecule has 2 rings (SSSR count). The Balaban J connectivity index is 2.10. The van der Waals surface area contributed by atoms with Crippen molar-refractivity contribution in [3.63, 3.8) is 0 Å². The van der Waals surface area contributed by atoms with Gasteiger partial charge in [0.2, 0.25) is 0 Å². The molecule has 1 aromatic rings. The molecule has 1 aliphatic heterocycles. The second-order valence-corrected chi connectivity index (χ2v) is 5.84. The maximum absolute atomic E-state index is 13.5. The molecular formula is C14H19BFNO3. The van der Waals surface area contributed by atoms with Gasteiger partial charge < -0.3 is 14.4 Å². The summed E-state index contributed by atoms with van der Waals surface area (Å²) in [6, 6.07) is 1.32. The van der Waals surface area contributed by atoms with Crippen molar-refractivity contribution < 1.29 is 18.8 Å². The van der Waals surface area contributed by atoms with Crippen LogP contribution in [0.15, 0.2) is 18.2 Å². The number of halogens is 1. The molecule has 2 heterocycles. The van der Waals surface area contributed by atoms with Crippen LogP contribution < -0.4 is 0 Å². The number of hydrogen-bond donors (Lipinski definition) is 1. The van der Waals surface area contributed by atoms with Gasteiger partial charge in [0, 0.05) is 6.20 Å². The molecule has 0 atom stereocenters. The lowest BCUT2D eigenvalue weighted by atomic mass is 9.89. The van der Waals surface area contributed by atoms with Crippen LogP contribution in [0.4, 0.5) is 4.39 Å². The molecule has 0 unspecified atom stereocenters. The Hall–Kier alpha value is -1.24. The number of nitrogens with zero attached hydrogens (tertiary/aromatic N) is 1. The van der Waals surface area contributed by atoms with Gasteiger partial charge in [-0.2, -0.15) is 0 Å². The average Bonchev–Trinajstić information content (AvgIpc) is 2.55. The summed E-state index contributed by atoms with van der Waals surface area (Å²) in [4.78, 5) is 3.84. The van der Waals surface area contributed by atoms with Gasteiger partial charge in [-0.25, -0.2) is 4.39 Å². The van der Waals surface area contributed by atoms with Crippen molar-refractivity contribution >= 4 is 13.2 Å². The summed E-state index contributed by atoms with van der Waals surface area (Å²) in [6.45, 7) is 7.47. The molecule has 0 aromatic carbocycles. The van der Waals surface area contributed by atoms with Gasteiger partial charge in [0.25, 0.3) is 0 Å². The lowest BCUT2D eigenvalue weighted by molar-refractivity contribution is 0.00578. The zero-order chi connectivity index (χ0) is 15.0. The first kappa shape index (κ1) is 15.2. The monoisotopic (exact) mass is 279 g/mol. The van der Waals surface area contributed by atoms with Crippen molar-refractivity contribution in [1.82, 2.24) is 4.98 Å². The molecule has 1 saturated heterocycles. The Bertz CT molecular complexity index is 515. The first-order chi connectivity index (χ1) is 9.25. The number of pyridine rings is 1. The molecule has 4 nitrogen and oxygen atoms in total. The van der Waals surface area contributed by atoms with E-state index in [2.05, 4.69) is 4.98 Å². The average molecular weight is 279 g/mol. The minimum absolute atomic E-state index is 0.0396. The molecule has 1 aromatic heterocycles. The zero-order valence-electron chi connectivity index (χ0n) is 12.2. The van der Waals surface area contributed by atoms with Crippen molar-refractivity contribution in [1.29, 1.82) is 0 Å². The quantitative estimate of drug-likeness (QED) is 0.863. The third-order valence-electron chi connectivity index (χ3n) is 3.81. The molecule has 108 valence electrons. The van der Waals surface area contributed by atoms with Crippen molar-refractivity contribution in [3.8, 4) is 0 Å². The number of aliphatic hydroxyl groups excluding tert-OH is 1. The Morgan fingerprint density at radius 2 is 1.90 bits per heavy atom. The van der Waals surface area contributed by atoms with Gasteiger partial charge in [0.15, 0.2) is 0 Å². The molecule has 0 spiro atoms. The number of hydrogen-bond acceptors (Lipinski definition) is 4. The zero-order valence-corrected chi connectivity index (χ0v) is 12.2. The maximum Gasteiger partial charge on any atom is 0.487 e. The van der Waals surface area contributed by atoms with Crippen molar-refractivity contribution in [3.05, 3.63) is 35.3 Å². The van der Waals surface area contributed by atoms with Gasteiger partial charge in [-0.3, -0.25) is 4.98 Å². The summed E-state index contributed by atoms with van der Waals surface area (Å²) in [5, 5.41) is 8.87. The smallest absolute Gasteiger partial charge is 0.400 e. The van der Waals surface area contributed by atoms with E-state index in [9.17, 15) is 4.39 Å². The second kappa shape index (κ2) is 5.28. The molecule has 1 N–H and O–H groups in total. The van der Waals surface area contributed by atoms with E-state index >= 15 is 0 Å². The van der Waals surface area contributed by atoms with Gasteiger partial charge in [-0.15, -0.1) is 0 Å². The third kappa shape index (κ3) is 2.92. The molecule has 0 radical (unpaired) electrons. The van der Waals surface area contributed by atoms with Crippen LogP contribution in [-0.4, -0.2) is 28.4 Å². The van der Waals surface area contributed by atoms with E-state index < -0.39 is 30.7 Å². The van der Waals surface area contributed by atoms with E-state index in [1.165, 1.54) is 12.3 Å². The van der Waals surface area contributed by atoms with E-state index in [1.807, 2.05) is 27.7 Å². The number of aliphatic hydroxyl groups is 1. The predicted molar refractivity (Wildman–Crippen MR) is 75.2 cm³/mol. The molecule has 6 heteroatoms. The Kier molecular flexibility index (Phi) is 4.00. The fraction of sp³-hybridized carbons (Fsp3) is 0.500. The van der Waals surface area contributed by atoms with Gasteiger partial charge >= 0.3 is 7.12 Å². The standard InChI is InChI=1S/C14H19BFNO3/c1-13(2)14(3,4)20-15(19-13)6-5-10-7-11(16)12(9-18)17-8-10/h5-8,18H,9H2,1-4H3/b6-5+. The van der Waals surface area contributed by atoms with Crippen LogP contribution in [0.2, 0.25) is 0 Å². The predicted octanol–water partition coefficient (Wildman–Crippen LogP) is 2.36. The van der Waals surface area contributed by atoms with E-state index in [0.717, 1.165) is 0 Å². The molecular weight excluding hydrogens is 260 g/mol. The van der Waals surface area contributed by atoms with Crippen LogP contribution in [0.25, 0.3) is 6.08 Å². The van der Waals surface area contributed by atoms with Crippen molar-refractivity contribution in [2.75, 3.05) is 0 Å². The highest BCUT2D eigenvalue weighted by Crippen LogP contribution is 2.36. The Morgan fingerprint density at radius 3 is 2.40 bits per heavy atom. The van der Waals surface area contributed by atoms with Crippen LogP contribution in [0.5, 0.6) is 0 Å². The van der Waals surface area contributed by atoms with Gasteiger partial charge in [0.1, 0.15) is 11.5 Å². The number of rotatable bonds is 3. The third-order valence-corrected chi connectivity index (χ3v) is 3.81. The lowest BCUT2D eigenvalue weighted by Crippen LogP contribution is -2.41. The molecule has 20 heavy (non-hydrogen) atoms. The first-order valence-corrected chi connectivity index (χ1v) is 6.54. The van der Waals surface area contributed by atoms with E-state index in [4.69, 9.17) is 14.4 Å². The van der Waals surface area contributed by atoms with Crippen molar-refractivity contribution in [2.45, 2.75) is 45.5 Å². The second-order valence-electron chi connectivity index (χ2n) is 5.84. The topological polar surface area (TPSA) is 51.6 Å². The maximum atomic E-state index is 13.5. The molecule has 1 fully saturated rings. The molecule has 0 saturated carbocycles. The molecule has 0 aliphatic carbocycles.